The third-order valence-electron chi connectivity index (χ3n) is 5.01. The second kappa shape index (κ2) is 13.6. The van der Waals surface area contributed by atoms with Gasteiger partial charge in [0.05, 0.1) is 0 Å². The van der Waals surface area contributed by atoms with E-state index in [0.29, 0.717) is 0 Å². The highest BCUT2D eigenvalue weighted by Crippen LogP contribution is 2.52. The van der Waals surface area contributed by atoms with E-state index in [1.165, 1.54) is 24.3 Å². The Labute approximate surface area is 223 Å². The number of ether oxygens (including phenoxy) is 4. The van der Waals surface area contributed by atoms with Gasteiger partial charge in [0.25, 0.3) is 0 Å². The van der Waals surface area contributed by atoms with Crippen molar-refractivity contribution in [2.24, 2.45) is 5.11 Å². The molecule has 0 aliphatic carbocycles. The Morgan fingerprint density at radius 3 is 1.85 bits per heavy atom. The Balaban J connectivity index is 2.03. The summed E-state index contributed by atoms with van der Waals surface area (Å²) in [7, 11) is -4.63. The second-order valence-corrected chi connectivity index (χ2v) is 9.52. The smallest absolute Gasteiger partial charge is 0.463 e. The Bertz CT molecular complexity index is 1190. The van der Waals surface area contributed by atoms with Crippen LogP contribution in [0, 0.1) is 0 Å². The molecule has 3 rings (SSSR count). The average Bonchev–Trinajstić information content (AvgIpc) is 2.87. The third kappa shape index (κ3) is 8.72. The number of rotatable bonds is 11. The van der Waals surface area contributed by atoms with Gasteiger partial charge in [0, 0.05) is 25.7 Å². The molecule has 1 aliphatic heterocycles. The molecule has 0 saturated carbocycles. The number of para-hydroxylation sites is 2. The van der Waals surface area contributed by atoms with Gasteiger partial charge in [0.15, 0.2) is 18.5 Å². The molecule has 5 atom stereocenters. The molecule has 1 heterocycles. The molecule has 0 radical (unpaired) electrons. The van der Waals surface area contributed by atoms with Gasteiger partial charge >= 0.3 is 25.7 Å². The summed E-state index contributed by atoms with van der Waals surface area (Å²) in [6, 6.07) is 14.3. The first-order chi connectivity index (χ1) is 18.6. The van der Waals surface area contributed by atoms with E-state index in [2.05, 4.69) is 10.0 Å². The van der Waals surface area contributed by atoms with Crippen LogP contribution in [0.4, 0.5) is 0 Å². The Morgan fingerprint density at radius 2 is 1.38 bits per heavy atom. The summed E-state index contributed by atoms with van der Waals surface area (Å²) in [6.07, 6.45) is -5.95. The highest BCUT2D eigenvalue weighted by atomic mass is 31.2. The zero-order valence-corrected chi connectivity index (χ0v) is 22.0. The summed E-state index contributed by atoms with van der Waals surface area (Å²) in [5.74, 6) is -2.09. The van der Waals surface area contributed by atoms with Crippen LogP contribution in [0.3, 0.4) is 0 Å². The van der Waals surface area contributed by atoms with Crippen molar-refractivity contribution in [2.75, 3.05) is 6.61 Å². The van der Waals surface area contributed by atoms with Crippen LogP contribution in [0.25, 0.3) is 10.4 Å². The third-order valence-corrected chi connectivity index (χ3v) is 6.34. The van der Waals surface area contributed by atoms with Crippen molar-refractivity contribution in [3.05, 3.63) is 71.1 Å². The maximum atomic E-state index is 14.0. The van der Waals surface area contributed by atoms with Gasteiger partial charge in [-0.2, -0.15) is 0 Å². The van der Waals surface area contributed by atoms with Gasteiger partial charge in [-0.05, 0) is 29.8 Å². The van der Waals surface area contributed by atoms with Gasteiger partial charge in [0.1, 0.15) is 30.3 Å². The molecule has 1 aliphatic rings. The highest BCUT2D eigenvalue weighted by molar-refractivity contribution is 7.49. The number of carbonyl (C=O) groups is 3. The molecule has 0 bridgehead atoms. The van der Waals surface area contributed by atoms with Gasteiger partial charge in [0.2, 0.25) is 0 Å². The van der Waals surface area contributed by atoms with Gasteiger partial charge in [-0.3, -0.25) is 14.4 Å². The number of carbonyl (C=O) groups excluding carboxylic acids is 3. The normalized spacial score (nSPS) is 22.5. The van der Waals surface area contributed by atoms with E-state index in [0.717, 1.165) is 20.8 Å². The molecule has 15 heteroatoms. The molecule has 1 saturated heterocycles. The quantitative estimate of drug-likeness (QED) is 0.0958. The summed E-state index contributed by atoms with van der Waals surface area (Å²) in [6.45, 7) is 2.82. The maximum Gasteiger partial charge on any atom is 0.589 e. The summed E-state index contributed by atoms with van der Waals surface area (Å²) < 4.78 is 52.4. The monoisotopic (exact) mass is 563 g/mol. The number of benzene rings is 2. The van der Waals surface area contributed by atoms with Crippen LogP contribution < -0.4 is 9.05 Å². The number of nitrogens with zero attached hydrogens (tertiary/aromatic N) is 3. The molecule has 2 aromatic rings. The SMILES string of the molecule is CC(=O)OC[C@H]1OC(OP(=O)(Oc2ccccc2)Oc2ccccc2)[C@H](N=[N+]=[N-])[C@@H](OC(C)=O)[C@@H]1OC(C)=O. The van der Waals surface area contributed by atoms with Crippen molar-refractivity contribution < 1.29 is 51.5 Å². The van der Waals surface area contributed by atoms with Crippen LogP contribution in [-0.2, 0) is 42.4 Å². The van der Waals surface area contributed by atoms with Crippen LogP contribution in [0.1, 0.15) is 20.8 Å². The Morgan fingerprint density at radius 1 is 0.872 bits per heavy atom. The molecule has 0 amide bonds. The number of hydrogen-bond donors (Lipinski definition) is 0. The lowest BCUT2D eigenvalue weighted by atomic mass is 9.97. The van der Waals surface area contributed by atoms with Crippen molar-refractivity contribution in [3.63, 3.8) is 0 Å². The fraction of sp³-hybridized carbons (Fsp3) is 0.375. The van der Waals surface area contributed by atoms with E-state index in [1.807, 2.05) is 0 Å². The molecule has 0 N–H and O–H groups in total. The first-order valence-corrected chi connectivity index (χ1v) is 13.0. The minimum Gasteiger partial charge on any atom is -0.463 e. The first kappa shape index (κ1) is 29.5. The maximum absolute atomic E-state index is 14.0. The van der Waals surface area contributed by atoms with Crippen molar-refractivity contribution >= 4 is 25.7 Å². The number of esters is 3. The topological polar surface area (TPSA) is 182 Å². The van der Waals surface area contributed by atoms with Crippen molar-refractivity contribution in [1.29, 1.82) is 0 Å². The van der Waals surface area contributed by atoms with Gasteiger partial charge in [-0.25, -0.2) is 9.09 Å². The number of phosphoric ester groups is 1. The fourth-order valence-corrected chi connectivity index (χ4v) is 4.88. The van der Waals surface area contributed by atoms with Crippen molar-refractivity contribution in [1.82, 2.24) is 0 Å². The number of hydrogen-bond acceptors (Lipinski definition) is 12. The van der Waals surface area contributed by atoms with Crippen LogP contribution in [-0.4, -0.2) is 55.2 Å². The minimum atomic E-state index is -4.63. The Hall–Kier alpha value is -4.09. The molecule has 0 aromatic heterocycles. The van der Waals surface area contributed by atoms with E-state index < -0.39 is 63.0 Å². The molecule has 1 unspecified atom stereocenters. The van der Waals surface area contributed by atoms with E-state index in [1.54, 1.807) is 36.4 Å². The molecule has 0 spiro atoms. The number of phosphoric acid groups is 1. The van der Waals surface area contributed by atoms with Gasteiger partial charge < -0.3 is 28.0 Å². The lowest BCUT2D eigenvalue weighted by Gasteiger charge is -2.43. The largest absolute Gasteiger partial charge is 0.589 e. The predicted molar refractivity (Wildman–Crippen MR) is 132 cm³/mol. The van der Waals surface area contributed by atoms with E-state index in [-0.39, 0.29) is 11.5 Å². The zero-order valence-electron chi connectivity index (χ0n) is 21.1. The van der Waals surface area contributed by atoms with E-state index in [9.17, 15) is 24.5 Å². The summed E-state index contributed by atoms with van der Waals surface area (Å²) in [5, 5.41) is 3.61. The molecular formula is C24H26N3O11P. The van der Waals surface area contributed by atoms with Gasteiger partial charge in [-0.1, -0.05) is 41.5 Å². The average molecular weight is 563 g/mol. The fourth-order valence-electron chi connectivity index (χ4n) is 3.56. The summed E-state index contributed by atoms with van der Waals surface area (Å²) >= 11 is 0. The molecular weight excluding hydrogens is 537 g/mol. The van der Waals surface area contributed by atoms with Crippen molar-refractivity contribution in [3.8, 4) is 11.5 Å². The lowest BCUT2D eigenvalue weighted by molar-refractivity contribution is -0.255. The summed E-state index contributed by atoms with van der Waals surface area (Å²) in [5.41, 5.74) is 9.27. The minimum absolute atomic E-state index is 0.110. The van der Waals surface area contributed by atoms with E-state index in [4.69, 9.17) is 32.5 Å². The van der Waals surface area contributed by atoms with E-state index >= 15 is 0 Å². The first-order valence-electron chi connectivity index (χ1n) is 11.6. The van der Waals surface area contributed by atoms with Crippen molar-refractivity contribution in [2.45, 2.75) is 51.4 Å². The lowest BCUT2D eigenvalue weighted by Crippen LogP contribution is -2.61. The van der Waals surface area contributed by atoms with Crippen LogP contribution >= 0.6 is 7.82 Å². The molecule has 208 valence electrons. The van der Waals surface area contributed by atoms with Crippen LogP contribution in [0.2, 0.25) is 0 Å². The van der Waals surface area contributed by atoms with Gasteiger partial charge in [-0.15, -0.1) is 0 Å². The van der Waals surface area contributed by atoms with Crippen LogP contribution in [0.15, 0.2) is 65.8 Å². The molecule has 1 fully saturated rings. The molecule has 39 heavy (non-hydrogen) atoms. The Kier molecular flexibility index (Phi) is 10.3. The number of azide groups is 1. The standard InChI is InChI=1S/C24H26N3O11P/c1-15(28)32-14-20-22(33-16(2)29)23(34-17(3)30)21(26-27-25)24(35-20)38-39(31,36-18-10-6-4-7-11-18)37-19-12-8-5-9-13-19/h4-13,20-24H,14H2,1-3H3/t20-,21-,22-,23-,24?/m1/s1. The predicted octanol–water partition coefficient (Wildman–Crippen LogP) is 4.10. The second-order valence-electron chi connectivity index (χ2n) is 8.05. The molecule has 2 aromatic carbocycles. The zero-order chi connectivity index (χ0) is 28.4. The van der Waals surface area contributed by atoms with Crippen LogP contribution in [0.5, 0.6) is 11.5 Å². The molecule has 14 nitrogen and oxygen atoms in total. The highest BCUT2D eigenvalue weighted by Gasteiger charge is 2.53. The summed E-state index contributed by atoms with van der Waals surface area (Å²) in [4.78, 5) is 38.1.